The van der Waals surface area contributed by atoms with Crippen molar-refractivity contribution in [3.63, 3.8) is 0 Å². The summed E-state index contributed by atoms with van der Waals surface area (Å²) in [5, 5.41) is 10.9. The molecule has 11 heteroatoms. The molecule has 0 fully saturated rings. The molecule has 0 aliphatic carbocycles. The zero-order valence-electron chi connectivity index (χ0n) is 26.5. The molecule has 0 unspecified atom stereocenters. The average Bonchev–Trinajstić information content (AvgIpc) is 3.01. The number of methoxy groups -OCH3 is 1. The number of carbonyl (C=O) groups is 5. The number of nitrogens with one attached hydrogen (secondary N) is 4. The quantitative estimate of drug-likeness (QED) is 0.180. The Hall–Kier alpha value is -4.25. The van der Waals surface area contributed by atoms with Crippen molar-refractivity contribution in [3.05, 3.63) is 71.8 Å². The van der Waals surface area contributed by atoms with E-state index in [2.05, 4.69) is 21.3 Å². The van der Waals surface area contributed by atoms with Crippen LogP contribution in [0.5, 0.6) is 0 Å². The highest BCUT2D eigenvalue weighted by Crippen LogP contribution is 2.12. The van der Waals surface area contributed by atoms with E-state index in [4.69, 9.17) is 10.5 Å². The highest BCUT2D eigenvalue weighted by molar-refractivity contribution is 5.95. The van der Waals surface area contributed by atoms with E-state index in [1.54, 1.807) is 13.8 Å². The number of amides is 4. The van der Waals surface area contributed by atoms with Gasteiger partial charge in [-0.05, 0) is 36.3 Å². The fourth-order valence-electron chi connectivity index (χ4n) is 4.57. The van der Waals surface area contributed by atoms with Crippen LogP contribution in [0.15, 0.2) is 60.7 Å². The molecule has 4 amide bonds. The van der Waals surface area contributed by atoms with Crippen LogP contribution < -0.4 is 27.0 Å². The van der Waals surface area contributed by atoms with Gasteiger partial charge in [-0.1, -0.05) is 94.8 Å². The van der Waals surface area contributed by atoms with Gasteiger partial charge in [0, 0.05) is 6.42 Å². The summed E-state index contributed by atoms with van der Waals surface area (Å²) in [7, 11) is 1.22. The molecule has 0 saturated carbocycles. The van der Waals surface area contributed by atoms with Gasteiger partial charge in [-0.2, -0.15) is 0 Å². The lowest BCUT2D eigenvalue weighted by Crippen LogP contribution is -2.61. The first-order valence-electron chi connectivity index (χ1n) is 15.0. The van der Waals surface area contributed by atoms with Crippen LogP contribution >= 0.6 is 0 Å². The van der Waals surface area contributed by atoms with Gasteiger partial charge in [0.25, 0.3) is 0 Å². The van der Waals surface area contributed by atoms with Gasteiger partial charge in [-0.15, -0.1) is 0 Å². The van der Waals surface area contributed by atoms with Gasteiger partial charge in [-0.25, -0.2) is 4.79 Å². The Balaban J connectivity index is 2.21. The van der Waals surface area contributed by atoms with E-state index in [1.807, 2.05) is 74.5 Å². The molecule has 11 nitrogen and oxygen atoms in total. The number of hydrogen-bond acceptors (Lipinski definition) is 7. The molecule has 0 bridgehead atoms. The van der Waals surface area contributed by atoms with Gasteiger partial charge in [0.1, 0.15) is 24.2 Å². The second-order valence-corrected chi connectivity index (χ2v) is 11.4. The van der Waals surface area contributed by atoms with Gasteiger partial charge in [0.2, 0.25) is 23.6 Å². The fraction of sp³-hybridized carbons (Fsp3) is 0.485. The minimum atomic E-state index is -1.04. The largest absolute Gasteiger partial charge is 0.467 e. The summed E-state index contributed by atoms with van der Waals surface area (Å²) in [5.74, 6) is -3.40. The normalized spacial score (nSPS) is 15.1. The molecule has 2 aromatic carbocycles. The van der Waals surface area contributed by atoms with Crippen LogP contribution in [0.4, 0.5) is 0 Å². The molecule has 0 radical (unpaired) electrons. The van der Waals surface area contributed by atoms with E-state index in [9.17, 15) is 24.0 Å². The van der Waals surface area contributed by atoms with Gasteiger partial charge < -0.3 is 31.7 Å². The van der Waals surface area contributed by atoms with E-state index >= 15 is 0 Å². The summed E-state index contributed by atoms with van der Waals surface area (Å²) in [6, 6.07) is 13.6. The monoisotopic (exact) mass is 609 g/mol. The van der Waals surface area contributed by atoms with Gasteiger partial charge >= 0.3 is 5.97 Å². The molecule has 240 valence electrons. The van der Waals surface area contributed by atoms with Crippen LogP contribution in [0.3, 0.4) is 0 Å². The zero-order valence-corrected chi connectivity index (χ0v) is 26.5. The van der Waals surface area contributed by atoms with E-state index in [0.29, 0.717) is 12.8 Å². The van der Waals surface area contributed by atoms with Crippen molar-refractivity contribution in [3.8, 4) is 0 Å². The van der Waals surface area contributed by atoms with Crippen LogP contribution in [-0.4, -0.2) is 66.9 Å². The molecule has 0 heterocycles. The number of ether oxygens (including phenoxy) is 1. The Kier molecular flexibility index (Phi) is 14.5. The maximum atomic E-state index is 13.7. The predicted octanol–water partition coefficient (Wildman–Crippen LogP) is 1.63. The molecule has 0 aliphatic rings. The van der Waals surface area contributed by atoms with Crippen LogP contribution in [0, 0.1) is 11.8 Å². The number of carbonyl (C=O) groups excluding carboxylic acids is 5. The van der Waals surface area contributed by atoms with Crippen molar-refractivity contribution in [1.29, 1.82) is 0 Å². The lowest BCUT2D eigenvalue weighted by Gasteiger charge is -2.30. The molecular weight excluding hydrogens is 562 g/mol. The summed E-state index contributed by atoms with van der Waals surface area (Å²) in [5.41, 5.74) is 7.83. The van der Waals surface area contributed by atoms with Crippen LogP contribution in [0.2, 0.25) is 0 Å². The number of rotatable bonds is 16. The van der Waals surface area contributed by atoms with Gasteiger partial charge in [0.15, 0.2) is 0 Å². The Labute approximate surface area is 260 Å². The van der Waals surface area contributed by atoms with Gasteiger partial charge in [-0.3, -0.25) is 19.2 Å². The molecule has 2 rings (SSSR count). The maximum Gasteiger partial charge on any atom is 0.328 e. The fourth-order valence-corrected chi connectivity index (χ4v) is 4.57. The number of nitrogens with two attached hydrogens (primary N) is 1. The lowest BCUT2D eigenvalue weighted by atomic mass is 9.95. The second kappa shape index (κ2) is 17.8. The number of benzene rings is 2. The smallest absolute Gasteiger partial charge is 0.328 e. The average molecular weight is 610 g/mol. The maximum absolute atomic E-state index is 13.7. The molecule has 0 saturated heterocycles. The summed E-state index contributed by atoms with van der Waals surface area (Å²) in [6.07, 6.45) is 1.00. The van der Waals surface area contributed by atoms with E-state index in [-0.39, 0.29) is 18.3 Å². The van der Waals surface area contributed by atoms with Crippen molar-refractivity contribution in [2.24, 2.45) is 17.6 Å². The first-order valence-corrected chi connectivity index (χ1v) is 15.0. The highest BCUT2D eigenvalue weighted by atomic mass is 16.5. The van der Waals surface area contributed by atoms with Crippen LogP contribution in [0.1, 0.15) is 52.2 Å². The van der Waals surface area contributed by atoms with Crippen molar-refractivity contribution < 1.29 is 28.7 Å². The van der Waals surface area contributed by atoms with E-state index in [0.717, 1.165) is 11.1 Å². The molecule has 6 N–H and O–H groups in total. The Morgan fingerprint density at radius 1 is 0.682 bits per heavy atom. The molecule has 0 aliphatic heterocycles. The minimum Gasteiger partial charge on any atom is -0.467 e. The SMILES string of the molecule is CC[C@H](C)[C@H](NC(=O)[C@@H](NC(=O)[C@@H](N)Cc1ccccc1)C(C)C)C(=O)N[C@@H](Cc1ccccc1)C(=O)N[C@@H](C)C(=O)OC. The zero-order chi connectivity index (χ0) is 32.8. The third-order valence-electron chi connectivity index (χ3n) is 7.50. The molecule has 6 atom stereocenters. The van der Waals surface area contributed by atoms with E-state index in [1.165, 1.54) is 14.0 Å². The second-order valence-electron chi connectivity index (χ2n) is 11.4. The van der Waals surface area contributed by atoms with Gasteiger partial charge in [0.05, 0.1) is 13.2 Å². The Bertz CT molecular complexity index is 1240. The summed E-state index contributed by atoms with van der Waals surface area (Å²) >= 11 is 0. The number of hydrogen-bond donors (Lipinski definition) is 5. The molecule has 44 heavy (non-hydrogen) atoms. The molecule has 2 aromatic rings. The topological polar surface area (TPSA) is 169 Å². The lowest BCUT2D eigenvalue weighted by molar-refractivity contribution is -0.144. The first kappa shape index (κ1) is 35.9. The summed E-state index contributed by atoms with van der Waals surface area (Å²) in [6.45, 7) is 8.75. The minimum absolute atomic E-state index is 0.150. The Morgan fingerprint density at radius 2 is 1.18 bits per heavy atom. The third-order valence-corrected chi connectivity index (χ3v) is 7.50. The van der Waals surface area contributed by atoms with Crippen molar-refractivity contribution in [1.82, 2.24) is 21.3 Å². The number of esters is 1. The van der Waals surface area contributed by atoms with Crippen molar-refractivity contribution in [2.75, 3.05) is 7.11 Å². The van der Waals surface area contributed by atoms with Crippen molar-refractivity contribution >= 4 is 29.6 Å². The standard InChI is InChI=1S/C33H47N5O6/c1-7-21(4)28(38-31(41)27(20(2)3)37-29(39)25(34)18-23-14-10-8-11-15-23)32(42)36-26(19-24-16-12-9-13-17-24)30(40)35-22(5)33(43)44-6/h8-17,20-22,25-28H,7,18-19,34H2,1-6H3,(H,35,40)(H,36,42)(H,37,39)(H,38,41)/t21-,22-,25-,26-,27-,28-/m0/s1. The van der Waals surface area contributed by atoms with Crippen LogP contribution in [0.25, 0.3) is 0 Å². The van der Waals surface area contributed by atoms with Crippen molar-refractivity contribution in [2.45, 2.75) is 84.1 Å². The summed E-state index contributed by atoms with van der Waals surface area (Å²) in [4.78, 5) is 65.3. The first-order chi connectivity index (χ1) is 20.9. The molecular formula is C33H47N5O6. The molecule has 0 spiro atoms. The third kappa shape index (κ3) is 11.1. The summed E-state index contributed by atoms with van der Waals surface area (Å²) < 4.78 is 4.71. The molecule has 0 aromatic heterocycles. The van der Waals surface area contributed by atoms with Crippen LogP contribution in [-0.2, 0) is 41.6 Å². The van der Waals surface area contributed by atoms with E-state index < -0.39 is 59.8 Å². The Morgan fingerprint density at radius 3 is 1.68 bits per heavy atom. The highest BCUT2D eigenvalue weighted by Gasteiger charge is 2.34. The predicted molar refractivity (Wildman–Crippen MR) is 168 cm³/mol.